The molecule has 1 heterocycles. The Hall–Kier alpha value is -2.08. The number of carbonyl (C=O) groups is 3. The van der Waals surface area contributed by atoms with Crippen LogP contribution < -0.4 is 11.1 Å². The van der Waals surface area contributed by atoms with Crippen molar-refractivity contribution in [1.82, 2.24) is 10.2 Å². The number of benzene rings is 1. The summed E-state index contributed by atoms with van der Waals surface area (Å²) in [6.45, 7) is 1.78. The first kappa shape index (κ1) is 16.3. The minimum Gasteiger partial charge on any atom is -0.369 e. The highest BCUT2D eigenvalue weighted by Crippen LogP contribution is 2.15. The van der Waals surface area contributed by atoms with Gasteiger partial charge in [0.15, 0.2) is 0 Å². The highest BCUT2D eigenvalue weighted by Gasteiger charge is 2.30. The van der Waals surface area contributed by atoms with E-state index in [0.717, 1.165) is 5.56 Å². The Morgan fingerprint density at radius 1 is 1.23 bits per heavy atom. The fraction of sp³-hybridized carbons (Fsp3) is 0.400. The van der Waals surface area contributed by atoms with Crippen molar-refractivity contribution in [3.05, 3.63) is 35.4 Å². The van der Waals surface area contributed by atoms with E-state index in [4.69, 9.17) is 17.3 Å². The summed E-state index contributed by atoms with van der Waals surface area (Å²) in [4.78, 5) is 35.7. The van der Waals surface area contributed by atoms with Crippen LogP contribution in [0.15, 0.2) is 24.3 Å². The predicted molar refractivity (Wildman–Crippen MR) is 82.5 cm³/mol. The molecule has 0 spiro atoms. The summed E-state index contributed by atoms with van der Waals surface area (Å²) in [5.41, 5.74) is 6.42. The van der Waals surface area contributed by atoms with Gasteiger partial charge < -0.3 is 16.0 Å². The summed E-state index contributed by atoms with van der Waals surface area (Å²) in [5.74, 6) is -0.387. The Bertz CT molecular complexity index is 568. The van der Waals surface area contributed by atoms with E-state index in [-0.39, 0.29) is 30.0 Å². The number of primary amides is 1. The zero-order valence-electron chi connectivity index (χ0n) is 12.0. The number of hydrogen-bond donors (Lipinski definition) is 2. The molecular weight excluding hydrogens is 306 g/mol. The number of carbonyl (C=O) groups excluding carboxylic acids is 3. The number of likely N-dealkylation sites (tertiary alicyclic amines) is 1. The van der Waals surface area contributed by atoms with Crippen molar-refractivity contribution in [3.8, 4) is 0 Å². The summed E-state index contributed by atoms with van der Waals surface area (Å²) < 4.78 is 0. The zero-order valence-corrected chi connectivity index (χ0v) is 12.8. The first-order valence-corrected chi connectivity index (χ1v) is 7.52. The molecule has 22 heavy (non-hydrogen) atoms. The van der Waals surface area contributed by atoms with Crippen LogP contribution in [0.5, 0.6) is 0 Å². The van der Waals surface area contributed by atoms with Crippen LogP contribution >= 0.6 is 11.6 Å². The lowest BCUT2D eigenvalue weighted by Gasteiger charge is -2.39. The molecule has 0 aromatic heterocycles. The van der Waals surface area contributed by atoms with E-state index < -0.39 is 5.91 Å². The van der Waals surface area contributed by atoms with Crippen molar-refractivity contribution in [2.45, 2.75) is 6.42 Å². The molecule has 7 heteroatoms. The van der Waals surface area contributed by atoms with Crippen LogP contribution in [-0.4, -0.2) is 48.1 Å². The maximum Gasteiger partial charge on any atom is 0.251 e. The molecule has 0 radical (unpaired) electrons. The number of rotatable bonds is 6. The molecule has 1 aromatic rings. The van der Waals surface area contributed by atoms with Crippen molar-refractivity contribution >= 4 is 29.3 Å². The molecule has 1 fully saturated rings. The third kappa shape index (κ3) is 4.21. The van der Waals surface area contributed by atoms with Gasteiger partial charge in [-0.3, -0.25) is 14.4 Å². The number of alkyl halides is 1. The molecule has 0 saturated carbocycles. The number of hydrogen-bond acceptors (Lipinski definition) is 3. The molecule has 1 aromatic carbocycles. The van der Waals surface area contributed by atoms with Crippen LogP contribution in [0, 0.1) is 5.92 Å². The molecule has 1 aliphatic heterocycles. The van der Waals surface area contributed by atoms with E-state index in [1.807, 2.05) is 0 Å². The van der Waals surface area contributed by atoms with Crippen LogP contribution in [0.25, 0.3) is 0 Å². The standard InChI is InChI=1S/C15H18ClN3O3/c16-6-14(21)19-8-11(9-19)7-18-15(22)12-3-1-10(2-4-12)5-13(17)20/h1-4,11H,5-9H2,(H2,17,20)(H,18,22). The normalized spacial score (nSPS) is 14.3. The maximum absolute atomic E-state index is 12.0. The molecule has 0 aliphatic carbocycles. The van der Waals surface area contributed by atoms with Gasteiger partial charge in [-0.25, -0.2) is 0 Å². The molecule has 1 aliphatic rings. The van der Waals surface area contributed by atoms with Crippen LogP contribution in [0.3, 0.4) is 0 Å². The van der Waals surface area contributed by atoms with Crippen LogP contribution in [0.2, 0.25) is 0 Å². The van der Waals surface area contributed by atoms with Crippen molar-refractivity contribution in [2.75, 3.05) is 25.5 Å². The minimum absolute atomic E-state index is 0.00324. The predicted octanol–water partition coefficient (Wildman–Crippen LogP) is 0.141. The SMILES string of the molecule is NC(=O)Cc1ccc(C(=O)NCC2CN(C(=O)CCl)C2)cc1. The summed E-state index contributed by atoms with van der Waals surface area (Å²) >= 11 is 5.47. The molecule has 3 N–H and O–H groups in total. The molecule has 0 unspecified atom stereocenters. The van der Waals surface area contributed by atoms with Gasteiger partial charge in [-0.15, -0.1) is 11.6 Å². The molecule has 2 rings (SSSR count). The number of nitrogens with one attached hydrogen (secondary N) is 1. The van der Waals surface area contributed by atoms with Crippen LogP contribution in [0.1, 0.15) is 15.9 Å². The fourth-order valence-corrected chi connectivity index (χ4v) is 2.47. The third-order valence-electron chi connectivity index (χ3n) is 3.57. The molecule has 1 saturated heterocycles. The first-order chi connectivity index (χ1) is 10.5. The van der Waals surface area contributed by atoms with Gasteiger partial charge in [0.05, 0.1) is 6.42 Å². The van der Waals surface area contributed by atoms with Crippen molar-refractivity contribution in [1.29, 1.82) is 0 Å². The average molecular weight is 324 g/mol. The Morgan fingerprint density at radius 2 is 1.86 bits per heavy atom. The second-order valence-corrected chi connectivity index (χ2v) is 5.62. The van der Waals surface area contributed by atoms with E-state index in [0.29, 0.717) is 25.2 Å². The maximum atomic E-state index is 12.0. The van der Waals surface area contributed by atoms with Crippen LogP contribution in [-0.2, 0) is 16.0 Å². The Kier molecular flexibility index (Phi) is 5.38. The highest BCUT2D eigenvalue weighted by atomic mass is 35.5. The fourth-order valence-electron chi connectivity index (χ4n) is 2.30. The van der Waals surface area contributed by atoms with Crippen molar-refractivity contribution in [3.63, 3.8) is 0 Å². The van der Waals surface area contributed by atoms with Crippen molar-refractivity contribution in [2.24, 2.45) is 11.7 Å². The van der Waals surface area contributed by atoms with Gasteiger partial charge in [0.2, 0.25) is 11.8 Å². The van der Waals surface area contributed by atoms with E-state index in [9.17, 15) is 14.4 Å². The molecule has 0 atom stereocenters. The van der Waals surface area contributed by atoms with Gasteiger partial charge in [0, 0.05) is 31.1 Å². The number of nitrogens with two attached hydrogens (primary N) is 1. The van der Waals surface area contributed by atoms with Gasteiger partial charge in [0.1, 0.15) is 5.88 Å². The summed E-state index contributed by atoms with van der Waals surface area (Å²) in [5, 5.41) is 2.84. The van der Waals surface area contributed by atoms with E-state index in [1.54, 1.807) is 29.2 Å². The third-order valence-corrected chi connectivity index (χ3v) is 3.80. The van der Waals surface area contributed by atoms with E-state index in [2.05, 4.69) is 5.32 Å². The Balaban J connectivity index is 1.76. The van der Waals surface area contributed by atoms with Crippen LogP contribution in [0.4, 0.5) is 0 Å². The molecule has 6 nitrogen and oxygen atoms in total. The van der Waals surface area contributed by atoms with Gasteiger partial charge in [-0.1, -0.05) is 12.1 Å². The second-order valence-electron chi connectivity index (χ2n) is 5.35. The number of amides is 3. The lowest BCUT2D eigenvalue weighted by Crippen LogP contribution is -2.54. The Labute approximate surface area is 133 Å². The lowest BCUT2D eigenvalue weighted by molar-refractivity contribution is -0.134. The molecule has 3 amide bonds. The first-order valence-electron chi connectivity index (χ1n) is 6.98. The highest BCUT2D eigenvalue weighted by molar-refractivity contribution is 6.27. The molecule has 0 bridgehead atoms. The molecule has 118 valence electrons. The van der Waals surface area contributed by atoms with E-state index >= 15 is 0 Å². The topological polar surface area (TPSA) is 92.5 Å². The van der Waals surface area contributed by atoms with Crippen molar-refractivity contribution < 1.29 is 14.4 Å². The largest absolute Gasteiger partial charge is 0.369 e. The zero-order chi connectivity index (χ0) is 16.1. The van der Waals surface area contributed by atoms with Gasteiger partial charge in [-0.05, 0) is 17.7 Å². The number of halogens is 1. The van der Waals surface area contributed by atoms with Gasteiger partial charge in [-0.2, -0.15) is 0 Å². The Morgan fingerprint density at radius 3 is 2.41 bits per heavy atom. The van der Waals surface area contributed by atoms with Gasteiger partial charge >= 0.3 is 0 Å². The quantitative estimate of drug-likeness (QED) is 0.729. The van der Waals surface area contributed by atoms with Gasteiger partial charge in [0.25, 0.3) is 5.91 Å². The summed E-state index contributed by atoms with van der Waals surface area (Å²) in [7, 11) is 0. The van der Waals surface area contributed by atoms with E-state index in [1.165, 1.54) is 0 Å². The summed E-state index contributed by atoms with van der Waals surface area (Å²) in [6, 6.07) is 6.75. The lowest BCUT2D eigenvalue weighted by atomic mass is 10.00. The molecular formula is C15H18ClN3O3. The summed E-state index contributed by atoms with van der Waals surface area (Å²) in [6.07, 6.45) is 0.161. The number of nitrogens with zero attached hydrogens (tertiary/aromatic N) is 1. The minimum atomic E-state index is -0.404. The smallest absolute Gasteiger partial charge is 0.251 e. The monoisotopic (exact) mass is 323 g/mol. The average Bonchev–Trinajstić information content (AvgIpc) is 2.45. The second kappa shape index (κ2) is 7.26.